The summed E-state index contributed by atoms with van der Waals surface area (Å²) in [5.74, 6) is 0.261. The maximum Gasteiger partial charge on any atom is 0.232 e. The molecule has 0 fully saturated rings. The number of imidazole rings is 1. The first kappa shape index (κ1) is 15.2. The molecular weight excluding hydrogens is 321 g/mol. The van der Waals surface area contributed by atoms with Crippen molar-refractivity contribution in [3.8, 4) is 5.69 Å². The zero-order valence-corrected chi connectivity index (χ0v) is 12.8. The summed E-state index contributed by atoms with van der Waals surface area (Å²) in [5, 5.41) is 0.431. The minimum absolute atomic E-state index is 0.0353. The smallest absolute Gasteiger partial charge is 0.232 e. The Morgan fingerprint density at radius 2 is 2.15 bits per heavy atom. The molecule has 0 spiro atoms. The third-order valence-electron chi connectivity index (χ3n) is 2.56. The zero-order chi connectivity index (χ0) is 14.6. The molecule has 1 aromatic heterocycles. The molecule has 1 N–H and O–H groups in total. The normalized spacial score (nSPS) is 11.5. The van der Waals surface area contributed by atoms with Crippen molar-refractivity contribution in [1.82, 2.24) is 9.55 Å². The van der Waals surface area contributed by atoms with E-state index in [1.165, 1.54) is 0 Å². The number of para-hydroxylation sites is 1. The topological polar surface area (TPSA) is 64.0 Å². The Bertz CT molecular complexity index is 672. The van der Waals surface area contributed by atoms with E-state index in [0.717, 1.165) is 0 Å². The van der Waals surface area contributed by atoms with Crippen molar-refractivity contribution < 1.29 is 8.42 Å². The van der Waals surface area contributed by atoms with Gasteiger partial charge in [0, 0.05) is 18.3 Å². The van der Waals surface area contributed by atoms with Crippen LogP contribution in [-0.2, 0) is 10.0 Å². The fourth-order valence-electron chi connectivity index (χ4n) is 1.71. The van der Waals surface area contributed by atoms with Gasteiger partial charge in [0.2, 0.25) is 10.0 Å². The molecule has 0 radical (unpaired) electrons. The Morgan fingerprint density at radius 1 is 1.35 bits per heavy atom. The summed E-state index contributed by atoms with van der Waals surface area (Å²) in [6.45, 7) is 0. The molecule has 20 heavy (non-hydrogen) atoms. The van der Waals surface area contributed by atoms with Gasteiger partial charge in [-0.25, -0.2) is 13.4 Å². The molecule has 0 saturated carbocycles. The summed E-state index contributed by atoms with van der Waals surface area (Å²) in [6.07, 6.45) is 5.22. The van der Waals surface area contributed by atoms with Crippen molar-refractivity contribution in [3.05, 3.63) is 41.9 Å². The number of nitrogens with one attached hydrogen (secondary N) is 1. The highest BCUT2D eigenvalue weighted by Gasteiger charge is 2.15. The van der Waals surface area contributed by atoms with E-state index in [9.17, 15) is 8.42 Å². The van der Waals surface area contributed by atoms with Crippen molar-refractivity contribution >= 4 is 38.9 Å². The Hall–Kier alpha value is -1.24. The SMILES string of the molecule is O=S(=O)(CCCCl)Nc1cccc(Cl)c1-n1ccnc1. The van der Waals surface area contributed by atoms with Gasteiger partial charge < -0.3 is 4.57 Å². The van der Waals surface area contributed by atoms with Crippen molar-refractivity contribution in [2.75, 3.05) is 16.4 Å². The van der Waals surface area contributed by atoms with Gasteiger partial charge in [0.15, 0.2) is 0 Å². The molecule has 108 valence electrons. The van der Waals surface area contributed by atoms with Crippen LogP contribution in [0, 0.1) is 0 Å². The van der Waals surface area contributed by atoms with Gasteiger partial charge in [-0.05, 0) is 18.6 Å². The summed E-state index contributed by atoms with van der Waals surface area (Å²) >= 11 is 11.7. The van der Waals surface area contributed by atoms with Crippen LogP contribution in [0.3, 0.4) is 0 Å². The highest BCUT2D eigenvalue weighted by Crippen LogP contribution is 2.29. The lowest BCUT2D eigenvalue weighted by atomic mass is 10.2. The molecule has 2 rings (SSSR count). The van der Waals surface area contributed by atoms with E-state index in [-0.39, 0.29) is 5.75 Å². The number of alkyl halides is 1. The molecule has 0 aliphatic carbocycles. The first-order valence-corrected chi connectivity index (χ1v) is 8.43. The zero-order valence-electron chi connectivity index (χ0n) is 10.5. The summed E-state index contributed by atoms with van der Waals surface area (Å²) in [6, 6.07) is 5.02. The lowest BCUT2D eigenvalue weighted by Crippen LogP contribution is -2.18. The molecule has 8 heteroatoms. The van der Waals surface area contributed by atoms with Crippen LogP contribution in [-0.4, -0.2) is 29.6 Å². The highest BCUT2D eigenvalue weighted by molar-refractivity contribution is 7.92. The monoisotopic (exact) mass is 333 g/mol. The second-order valence-electron chi connectivity index (χ2n) is 4.07. The van der Waals surface area contributed by atoms with Crippen molar-refractivity contribution in [2.45, 2.75) is 6.42 Å². The van der Waals surface area contributed by atoms with E-state index in [4.69, 9.17) is 23.2 Å². The van der Waals surface area contributed by atoms with Gasteiger partial charge in [0.25, 0.3) is 0 Å². The predicted molar refractivity (Wildman–Crippen MR) is 81.3 cm³/mol. The summed E-state index contributed by atoms with van der Waals surface area (Å²) in [5.41, 5.74) is 0.950. The number of benzene rings is 1. The van der Waals surface area contributed by atoms with Gasteiger partial charge in [0.1, 0.15) is 0 Å². The number of hydrogen-bond donors (Lipinski definition) is 1. The largest absolute Gasteiger partial charge is 0.303 e. The van der Waals surface area contributed by atoms with Crippen LogP contribution >= 0.6 is 23.2 Å². The number of nitrogens with zero attached hydrogens (tertiary/aromatic N) is 2. The van der Waals surface area contributed by atoms with Gasteiger partial charge in [-0.2, -0.15) is 0 Å². The first-order chi connectivity index (χ1) is 9.53. The minimum atomic E-state index is -3.45. The summed E-state index contributed by atoms with van der Waals surface area (Å²) in [7, 11) is -3.45. The standard InChI is InChI=1S/C12H13Cl2N3O2S/c13-5-2-8-20(18,19)16-11-4-1-3-10(14)12(11)17-7-6-15-9-17/h1,3-4,6-7,9,16H,2,5,8H2. The van der Waals surface area contributed by atoms with Crippen LogP contribution in [0.1, 0.15) is 6.42 Å². The summed E-state index contributed by atoms with van der Waals surface area (Å²) < 4.78 is 28.1. The van der Waals surface area contributed by atoms with E-state index in [1.54, 1.807) is 41.5 Å². The number of aromatic nitrogens is 2. The fourth-order valence-corrected chi connectivity index (χ4v) is 3.41. The number of sulfonamides is 1. The fraction of sp³-hybridized carbons (Fsp3) is 0.250. The van der Waals surface area contributed by atoms with Crippen LogP contribution in [0.5, 0.6) is 0 Å². The molecular formula is C12H13Cl2N3O2S. The number of rotatable bonds is 6. The Labute approximate surface area is 127 Å². The van der Waals surface area contributed by atoms with Crippen LogP contribution in [0.2, 0.25) is 5.02 Å². The lowest BCUT2D eigenvalue weighted by Gasteiger charge is -2.14. The van der Waals surface area contributed by atoms with Crippen LogP contribution < -0.4 is 4.72 Å². The first-order valence-electron chi connectivity index (χ1n) is 5.87. The average Bonchev–Trinajstić information content (AvgIpc) is 2.90. The van der Waals surface area contributed by atoms with Crippen molar-refractivity contribution in [2.24, 2.45) is 0 Å². The molecule has 0 amide bonds. The molecule has 0 bridgehead atoms. The number of halogens is 2. The Morgan fingerprint density at radius 3 is 2.80 bits per heavy atom. The van der Waals surface area contributed by atoms with Crippen molar-refractivity contribution in [1.29, 1.82) is 0 Å². The molecule has 0 unspecified atom stereocenters. The van der Waals surface area contributed by atoms with Crippen LogP contribution in [0.25, 0.3) is 5.69 Å². The van der Waals surface area contributed by atoms with Gasteiger partial charge in [-0.3, -0.25) is 4.72 Å². The Kier molecular flexibility index (Phi) is 4.91. The van der Waals surface area contributed by atoms with E-state index >= 15 is 0 Å². The van der Waals surface area contributed by atoms with E-state index < -0.39 is 10.0 Å². The minimum Gasteiger partial charge on any atom is -0.303 e. The van der Waals surface area contributed by atoms with Crippen molar-refractivity contribution in [3.63, 3.8) is 0 Å². The third-order valence-corrected chi connectivity index (χ3v) is 4.49. The highest BCUT2D eigenvalue weighted by atomic mass is 35.5. The van der Waals surface area contributed by atoms with E-state index in [2.05, 4.69) is 9.71 Å². The Balaban J connectivity index is 2.36. The molecule has 5 nitrogen and oxygen atoms in total. The summed E-state index contributed by atoms with van der Waals surface area (Å²) in [4.78, 5) is 3.94. The van der Waals surface area contributed by atoms with Crippen LogP contribution in [0.15, 0.2) is 36.9 Å². The molecule has 0 aliphatic heterocycles. The van der Waals surface area contributed by atoms with E-state index in [1.807, 2.05) is 0 Å². The second kappa shape index (κ2) is 6.47. The molecule has 1 aromatic carbocycles. The van der Waals surface area contributed by atoms with E-state index in [0.29, 0.717) is 28.7 Å². The molecule has 1 heterocycles. The second-order valence-corrected chi connectivity index (χ2v) is 6.70. The lowest BCUT2D eigenvalue weighted by molar-refractivity contribution is 0.600. The molecule has 0 saturated heterocycles. The average molecular weight is 334 g/mol. The maximum atomic E-state index is 12.0. The van der Waals surface area contributed by atoms with Gasteiger partial charge >= 0.3 is 0 Å². The van der Waals surface area contributed by atoms with Gasteiger partial charge in [0.05, 0.1) is 28.5 Å². The maximum absolute atomic E-state index is 12.0. The molecule has 0 aliphatic rings. The molecule has 0 atom stereocenters. The van der Waals surface area contributed by atoms with Gasteiger partial charge in [-0.15, -0.1) is 11.6 Å². The quantitative estimate of drug-likeness (QED) is 0.826. The van der Waals surface area contributed by atoms with Crippen LogP contribution in [0.4, 0.5) is 5.69 Å². The third kappa shape index (κ3) is 3.65. The van der Waals surface area contributed by atoms with Gasteiger partial charge in [-0.1, -0.05) is 17.7 Å². The number of hydrogen-bond acceptors (Lipinski definition) is 3. The predicted octanol–water partition coefficient (Wildman–Crippen LogP) is 2.90. The number of anilines is 1. The molecule has 2 aromatic rings.